The molecular weight excluding hydrogens is 250 g/mol. The minimum absolute atomic E-state index is 0.0521. The molecular formula is C17H23NO2. The molecule has 2 atom stereocenters. The molecule has 3 heteroatoms. The average molecular weight is 273 g/mol. The molecule has 1 heterocycles. The van der Waals surface area contributed by atoms with Crippen molar-refractivity contribution in [3.05, 3.63) is 35.9 Å². The summed E-state index contributed by atoms with van der Waals surface area (Å²) in [5.41, 5.74) is 1.61. The van der Waals surface area contributed by atoms with Crippen LogP contribution in [-0.4, -0.2) is 24.7 Å². The summed E-state index contributed by atoms with van der Waals surface area (Å²) in [5, 5.41) is 3.47. The molecule has 1 saturated heterocycles. The van der Waals surface area contributed by atoms with Crippen LogP contribution < -0.4 is 5.32 Å². The van der Waals surface area contributed by atoms with Gasteiger partial charge >= 0.3 is 5.97 Å². The van der Waals surface area contributed by atoms with Crippen molar-refractivity contribution in [3.63, 3.8) is 0 Å². The fourth-order valence-electron chi connectivity index (χ4n) is 3.65. The lowest BCUT2D eigenvalue weighted by atomic mass is 9.78. The van der Waals surface area contributed by atoms with Crippen molar-refractivity contribution in [2.24, 2.45) is 0 Å². The highest BCUT2D eigenvalue weighted by molar-refractivity contribution is 5.77. The maximum atomic E-state index is 11.7. The zero-order chi connectivity index (χ0) is 14.0. The highest BCUT2D eigenvalue weighted by Gasteiger charge is 2.38. The lowest BCUT2D eigenvalue weighted by Crippen LogP contribution is -2.43. The van der Waals surface area contributed by atoms with Gasteiger partial charge in [-0.3, -0.25) is 4.79 Å². The Balaban J connectivity index is 1.71. The number of esters is 1. The average Bonchev–Trinajstić information content (AvgIpc) is 3.05. The molecule has 108 valence electrons. The molecule has 1 N–H and O–H groups in total. The molecule has 2 fully saturated rings. The van der Waals surface area contributed by atoms with Gasteiger partial charge in [0.25, 0.3) is 0 Å². The Morgan fingerprint density at radius 2 is 1.95 bits per heavy atom. The standard InChI is InChI=1S/C17H23NO2/c1-13-11-15(16(19)20-13)18-12-17(9-5-6-10-17)14-7-3-2-4-8-14/h2-4,7-8,13,15,18H,5-6,9-12H2,1H3/t13-,15-/m0/s1. The van der Waals surface area contributed by atoms with Gasteiger partial charge in [-0.05, 0) is 25.3 Å². The molecule has 1 aromatic carbocycles. The van der Waals surface area contributed by atoms with E-state index in [2.05, 4.69) is 35.6 Å². The predicted octanol–water partition coefficient (Wildman–Crippen LogP) is 2.79. The van der Waals surface area contributed by atoms with E-state index in [1.807, 2.05) is 6.92 Å². The Kier molecular flexibility index (Phi) is 3.79. The number of ether oxygens (including phenoxy) is 1. The molecule has 0 bridgehead atoms. The molecule has 3 nitrogen and oxygen atoms in total. The van der Waals surface area contributed by atoms with Crippen molar-refractivity contribution in [2.45, 2.75) is 56.6 Å². The van der Waals surface area contributed by atoms with Crippen molar-refractivity contribution >= 4 is 5.97 Å². The second-order valence-corrected chi connectivity index (χ2v) is 6.27. The van der Waals surface area contributed by atoms with Crippen molar-refractivity contribution in [1.29, 1.82) is 0 Å². The normalized spacial score (nSPS) is 28.6. The number of hydrogen-bond acceptors (Lipinski definition) is 3. The zero-order valence-electron chi connectivity index (χ0n) is 12.1. The van der Waals surface area contributed by atoms with Gasteiger partial charge < -0.3 is 10.1 Å². The largest absolute Gasteiger partial charge is 0.461 e. The Hall–Kier alpha value is -1.35. The van der Waals surface area contributed by atoms with E-state index in [-0.39, 0.29) is 23.5 Å². The fraction of sp³-hybridized carbons (Fsp3) is 0.588. The second kappa shape index (κ2) is 5.57. The van der Waals surface area contributed by atoms with Gasteiger partial charge in [0, 0.05) is 18.4 Å². The molecule has 0 radical (unpaired) electrons. The monoisotopic (exact) mass is 273 g/mol. The fourth-order valence-corrected chi connectivity index (χ4v) is 3.65. The maximum Gasteiger partial charge on any atom is 0.323 e. The number of benzene rings is 1. The van der Waals surface area contributed by atoms with Crippen LogP contribution in [0.25, 0.3) is 0 Å². The van der Waals surface area contributed by atoms with Crippen molar-refractivity contribution in [1.82, 2.24) is 5.32 Å². The molecule has 2 aliphatic rings. The molecule has 3 rings (SSSR count). The molecule has 0 amide bonds. The summed E-state index contributed by atoms with van der Waals surface area (Å²) >= 11 is 0. The van der Waals surface area contributed by atoms with Crippen LogP contribution in [0.15, 0.2) is 30.3 Å². The Morgan fingerprint density at radius 1 is 1.25 bits per heavy atom. The number of carbonyl (C=O) groups is 1. The molecule has 1 saturated carbocycles. The van der Waals surface area contributed by atoms with Gasteiger partial charge in [0.15, 0.2) is 0 Å². The third kappa shape index (κ3) is 2.59. The summed E-state index contributed by atoms with van der Waals surface area (Å²) < 4.78 is 5.23. The van der Waals surface area contributed by atoms with Crippen LogP contribution in [0.5, 0.6) is 0 Å². The van der Waals surface area contributed by atoms with Crippen LogP contribution in [0.3, 0.4) is 0 Å². The van der Waals surface area contributed by atoms with E-state index in [0.29, 0.717) is 0 Å². The van der Waals surface area contributed by atoms with E-state index in [9.17, 15) is 4.79 Å². The van der Waals surface area contributed by atoms with E-state index in [0.717, 1.165) is 13.0 Å². The first-order chi connectivity index (χ1) is 9.70. The lowest BCUT2D eigenvalue weighted by Gasteiger charge is -2.31. The topological polar surface area (TPSA) is 38.3 Å². The Morgan fingerprint density at radius 3 is 2.55 bits per heavy atom. The number of cyclic esters (lactones) is 1. The first-order valence-corrected chi connectivity index (χ1v) is 7.69. The van der Waals surface area contributed by atoms with Gasteiger partial charge in [-0.1, -0.05) is 43.2 Å². The predicted molar refractivity (Wildman–Crippen MR) is 78.5 cm³/mol. The Bertz CT molecular complexity index is 465. The highest BCUT2D eigenvalue weighted by Crippen LogP contribution is 2.40. The third-order valence-corrected chi connectivity index (χ3v) is 4.80. The van der Waals surface area contributed by atoms with Crippen LogP contribution in [0.1, 0.15) is 44.6 Å². The SMILES string of the molecule is C[C@H]1C[C@H](NCC2(c3ccccc3)CCCC2)C(=O)O1. The lowest BCUT2D eigenvalue weighted by molar-refractivity contribution is -0.142. The molecule has 0 spiro atoms. The number of carbonyl (C=O) groups excluding carboxylic acids is 1. The number of nitrogens with one attached hydrogen (secondary N) is 1. The summed E-state index contributed by atoms with van der Waals surface area (Å²) in [4.78, 5) is 11.7. The summed E-state index contributed by atoms with van der Waals surface area (Å²) in [6.07, 6.45) is 5.83. The van der Waals surface area contributed by atoms with Crippen LogP contribution >= 0.6 is 0 Å². The third-order valence-electron chi connectivity index (χ3n) is 4.80. The van der Waals surface area contributed by atoms with E-state index in [4.69, 9.17) is 4.74 Å². The van der Waals surface area contributed by atoms with Crippen molar-refractivity contribution < 1.29 is 9.53 Å². The van der Waals surface area contributed by atoms with E-state index >= 15 is 0 Å². The molecule has 0 unspecified atom stereocenters. The molecule has 1 aromatic rings. The van der Waals surface area contributed by atoms with Gasteiger partial charge in [0.1, 0.15) is 12.1 Å². The van der Waals surface area contributed by atoms with Crippen LogP contribution in [-0.2, 0) is 14.9 Å². The minimum Gasteiger partial charge on any atom is -0.461 e. The number of hydrogen-bond donors (Lipinski definition) is 1. The van der Waals surface area contributed by atoms with Crippen molar-refractivity contribution in [3.8, 4) is 0 Å². The van der Waals surface area contributed by atoms with Crippen LogP contribution in [0.2, 0.25) is 0 Å². The quantitative estimate of drug-likeness (QED) is 0.857. The van der Waals surface area contributed by atoms with Gasteiger partial charge in [0.2, 0.25) is 0 Å². The number of rotatable bonds is 4. The van der Waals surface area contributed by atoms with E-state index in [1.165, 1.54) is 31.2 Å². The van der Waals surface area contributed by atoms with Gasteiger partial charge in [0.05, 0.1) is 0 Å². The summed E-state index contributed by atoms with van der Waals surface area (Å²) in [5.74, 6) is -0.0845. The van der Waals surface area contributed by atoms with E-state index in [1.54, 1.807) is 0 Å². The minimum atomic E-state index is -0.119. The Labute approximate surface area is 120 Å². The van der Waals surface area contributed by atoms with Gasteiger partial charge in [-0.15, -0.1) is 0 Å². The first-order valence-electron chi connectivity index (χ1n) is 7.69. The molecule has 20 heavy (non-hydrogen) atoms. The summed E-state index contributed by atoms with van der Waals surface area (Å²) in [7, 11) is 0. The smallest absolute Gasteiger partial charge is 0.323 e. The summed E-state index contributed by atoms with van der Waals surface area (Å²) in [6, 6.07) is 10.6. The highest BCUT2D eigenvalue weighted by atomic mass is 16.6. The van der Waals surface area contributed by atoms with Crippen LogP contribution in [0.4, 0.5) is 0 Å². The van der Waals surface area contributed by atoms with Crippen LogP contribution in [0, 0.1) is 0 Å². The summed E-state index contributed by atoms with van der Waals surface area (Å²) in [6.45, 7) is 2.84. The molecule has 1 aliphatic carbocycles. The van der Waals surface area contributed by atoms with E-state index < -0.39 is 0 Å². The van der Waals surface area contributed by atoms with Gasteiger partial charge in [-0.2, -0.15) is 0 Å². The maximum absolute atomic E-state index is 11.7. The van der Waals surface area contributed by atoms with Gasteiger partial charge in [-0.25, -0.2) is 0 Å². The molecule has 0 aromatic heterocycles. The second-order valence-electron chi connectivity index (χ2n) is 6.27. The zero-order valence-corrected chi connectivity index (χ0v) is 12.1. The van der Waals surface area contributed by atoms with Crippen molar-refractivity contribution in [2.75, 3.05) is 6.54 Å². The molecule has 1 aliphatic heterocycles. The first kappa shape index (κ1) is 13.6.